The Morgan fingerprint density at radius 1 is 1.04 bits per heavy atom. The maximum absolute atomic E-state index is 12.8. The summed E-state index contributed by atoms with van der Waals surface area (Å²) in [4.78, 5) is 31.1. The van der Waals surface area contributed by atoms with Gasteiger partial charge in [-0.1, -0.05) is 36.4 Å². The number of carbonyl (C=O) groups excluding carboxylic acids is 2. The van der Waals surface area contributed by atoms with Crippen molar-refractivity contribution in [1.82, 2.24) is 4.98 Å². The van der Waals surface area contributed by atoms with Crippen LogP contribution in [0.15, 0.2) is 60.0 Å². The number of aromatic nitrogens is 1. The fraction of sp³-hybridized carbons (Fsp3) is 0.190. The van der Waals surface area contributed by atoms with Crippen LogP contribution in [0.1, 0.15) is 17.7 Å². The summed E-state index contributed by atoms with van der Waals surface area (Å²) in [7, 11) is 0. The van der Waals surface area contributed by atoms with Crippen LogP contribution in [0.4, 0.5) is 21.3 Å². The Kier molecular flexibility index (Phi) is 5.34. The molecule has 0 spiro atoms. The van der Waals surface area contributed by atoms with Crippen LogP contribution < -0.4 is 15.5 Å². The number of rotatable bonds is 4. The first-order valence-electron chi connectivity index (χ1n) is 9.15. The molecule has 4 rings (SSSR count). The SMILES string of the molecule is O=C(Nc1ccccc1)Nc1nc(CC(=O)N2CCCc3ccccc32)cs1. The van der Waals surface area contributed by atoms with Crippen molar-refractivity contribution in [2.75, 3.05) is 22.1 Å². The van der Waals surface area contributed by atoms with Gasteiger partial charge in [0.15, 0.2) is 5.13 Å². The zero-order chi connectivity index (χ0) is 19.3. The van der Waals surface area contributed by atoms with Crippen molar-refractivity contribution in [2.24, 2.45) is 0 Å². The van der Waals surface area contributed by atoms with E-state index < -0.39 is 0 Å². The van der Waals surface area contributed by atoms with Crippen LogP contribution in [0.2, 0.25) is 0 Å². The minimum atomic E-state index is -0.358. The van der Waals surface area contributed by atoms with Gasteiger partial charge in [0, 0.05) is 23.3 Å². The highest BCUT2D eigenvalue weighted by Gasteiger charge is 2.23. The average Bonchev–Trinajstić information content (AvgIpc) is 3.14. The van der Waals surface area contributed by atoms with Gasteiger partial charge in [-0.2, -0.15) is 0 Å². The lowest BCUT2D eigenvalue weighted by Crippen LogP contribution is -2.36. The van der Waals surface area contributed by atoms with Gasteiger partial charge in [0.2, 0.25) is 5.91 Å². The van der Waals surface area contributed by atoms with E-state index in [4.69, 9.17) is 0 Å². The summed E-state index contributed by atoms with van der Waals surface area (Å²) in [5.41, 5.74) is 3.57. The van der Waals surface area contributed by atoms with Crippen LogP contribution in [-0.2, 0) is 17.6 Å². The number of benzene rings is 2. The van der Waals surface area contributed by atoms with Crippen LogP contribution >= 0.6 is 11.3 Å². The van der Waals surface area contributed by atoms with Crippen LogP contribution in [0.25, 0.3) is 0 Å². The number of fused-ring (bicyclic) bond motifs is 1. The largest absolute Gasteiger partial charge is 0.325 e. The van der Waals surface area contributed by atoms with Crippen molar-refractivity contribution in [3.8, 4) is 0 Å². The lowest BCUT2D eigenvalue weighted by molar-refractivity contribution is -0.118. The average molecular weight is 392 g/mol. The van der Waals surface area contributed by atoms with E-state index in [0.29, 0.717) is 16.5 Å². The second kappa shape index (κ2) is 8.22. The fourth-order valence-electron chi connectivity index (χ4n) is 3.27. The van der Waals surface area contributed by atoms with Crippen molar-refractivity contribution < 1.29 is 9.59 Å². The Morgan fingerprint density at radius 2 is 1.82 bits per heavy atom. The maximum atomic E-state index is 12.8. The molecule has 6 nitrogen and oxygen atoms in total. The van der Waals surface area contributed by atoms with E-state index in [1.54, 1.807) is 0 Å². The number of hydrogen-bond acceptors (Lipinski definition) is 4. The Hall–Kier alpha value is -3.19. The van der Waals surface area contributed by atoms with Gasteiger partial charge in [0.1, 0.15) is 0 Å². The number of amides is 3. The summed E-state index contributed by atoms with van der Waals surface area (Å²) in [6.07, 6.45) is 2.18. The number of thiazole rings is 1. The predicted molar refractivity (Wildman–Crippen MR) is 112 cm³/mol. The summed E-state index contributed by atoms with van der Waals surface area (Å²) in [5.74, 6) is 0.0257. The van der Waals surface area contributed by atoms with E-state index in [1.807, 2.05) is 58.8 Å². The standard InChI is InChI=1S/C21H20N4O2S/c26-19(25-12-6-8-15-7-4-5-11-18(15)25)13-17-14-28-21(23-17)24-20(27)22-16-9-2-1-3-10-16/h1-5,7,9-11,14H,6,8,12-13H2,(H2,22,23,24,27). The highest BCUT2D eigenvalue weighted by Crippen LogP contribution is 2.27. The first-order valence-corrected chi connectivity index (χ1v) is 10.0. The van der Waals surface area contributed by atoms with Crippen LogP contribution in [-0.4, -0.2) is 23.5 Å². The Labute approximate surface area is 167 Å². The molecule has 0 saturated carbocycles. The molecule has 142 valence electrons. The number of para-hydroxylation sites is 2. The molecule has 3 amide bonds. The van der Waals surface area contributed by atoms with Crippen LogP contribution in [0, 0.1) is 0 Å². The maximum Gasteiger partial charge on any atom is 0.325 e. The van der Waals surface area contributed by atoms with Gasteiger partial charge in [-0.25, -0.2) is 9.78 Å². The highest BCUT2D eigenvalue weighted by atomic mass is 32.1. The Bertz CT molecular complexity index is 987. The molecule has 7 heteroatoms. The summed E-state index contributed by atoms with van der Waals surface area (Å²) >= 11 is 1.31. The quantitative estimate of drug-likeness (QED) is 0.695. The van der Waals surface area contributed by atoms with Crippen molar-refractivity contribution >= 4 is 39.8 Å². The summed E-state index contributed by atoms with van der Waals surface area (Å²) < 4.78 is 0. The van der Waals surface area contributed by atoms with Gasteiger partial charge >= 0.3 is 6.03 Å². The topological polar surface area (TPSA) is 74.3 Å². The number of anilines is 3. The number of aryl methyl sites for hydroxylation is 1. The molecule has 0 atom stereocenters. The molecule has 0 fully saturated rings. The van der Waals surface area contributed by atoms with Crippen LogP contribution in [0.5, 0.6) is 0 Å². The first kappa shape index (κ1) is 18.2. The van der Waals surface area contributed by atoms with E-state index in [1.165, 1.54) is 16.9 Å². The number of urea groups is 1. The van der Waals surface area contributed by atoms with Gasteiger partial charge < -0.3 is 10.2 Å². The molecule has 0 radical (unpaired) electrons. The number of nitrogens with zero attached hydrogens (tertiary/aromatic N) is 2. The number of hydrogen-bond donors (Lipinski definition) is 2. The van der Waals surface area contributed by atoms with Gasteiger partial charge in [-0.3, -0.25) is 10.1 Å². The molecule has 2 N–H and O–H groups in total. The van der Waals surface area contributed by atoms with Gasteiger partial charge in [-0.15, -0.1) is 11.3 Å². The smallest absolute Gasteiger partial charge is 0.312 e. The molecule has 0 aliphatic carbocycles. The Balaban J connectivity index is 1.37. The minimum Gasteiger partial charge on any atom is -0.312 e. The fourth-order valence-corrected chi connectivity index (χ4v) is 3.97. The van der Waals surface area contributed by atoms with E-state index in [-0.39, 0.29) is 18.4 Å². The lowest BCUT2D eigenvalue weighted by atomic mass is 10.0. The van der Waals surface area contributed by atoms with E-state index in [0.717, 1.165) is 25.1 Å². The summed E-state index contributed by atoms with van der Waals surface area (Å²) in [5, 5.41) is 7.74. The van der Waals surface area contributed by atoms with Crippen molar-refractivity contribution in [3.05, 3.63) is 71.2 Å². The molecule has 0 bridgehead atoms. The van der Waals surface area contributed by atoms with E-state index >= 15 is 0 Å². The second-order valence-corrected chi connectivity index (χ2v) is 7.40. The predicted octanol–water partition coefficient (Wildman–Crippen LogP) is 4.31. The van der Waals surface area contributed by atoms with Gasteiger partial charge in [0.05, 0.1) is 12.1 Å². The third-order valence-electron chi connectivity index (χ3n) is 4.55. The molecule has 3 aromatic rings. The monoisotopic (exact) mass is 392 g/mol. The molecule has 2 heterocycles. The molecular weight excluding hydrogens is 372 g/mol. The molecule has 0 unspecified atom stereocenters. The number of nitrogens with one attached hydrogen (secondary N) is 2. The lowest BCUT2D eigenvalue weighted by Gasteiger charge is -2.29. The van der Waals surface area contributed by atoms with E-state index in [2.05, 4.69) is 21.7 Å². The molecule has 1 aliphatic rings. The summed E-state index contributed by atoms with van der Waals surface area (Å²) in [6, 6.07) is 16.9. The van der Waals surface area contributed by atoms with Gasteiger partial charge in [-0.05, 0) is 36.6 Å². The minimum absolute atomic E-state index is 0.0257. The molecule has 0 saturated heterocycles. The van der Waals surface area contributed by atoms with Crippen LogP contribution in [0.3, 0.4) is 0 Å². The second-order valence-electron chi connectivity index (χ2n) is 6.54. The third-order valence-corrected chi connectivity index (χ3v) is 5.35. The molecule has 1 aliphatic heterocycles. The number of carbonyl (C=O) groups is 2. The molecule has 1 aromatic heterocycles. The van der Waals surface area contributed by atoms with Crippen molar-refractivity contribution in [2.45, 2.75) is 19.3 Å². The zero-order valence-electron chi connectivity index (χ0n) is 15.2. The normalized spacial score (nSPS) is 12.9. The third kappa shape index (κ3) is 4.20. The zero-order valence-corrected chi connectivity index (χ0v) is 16.0. The van der Waals surface area contributed by atoms with Crippen molar-refractivity contribution in [1.29, 1.82) is 0 Å². The molecular formula is C21H20N4O2S. The Morgan fingerprint density at radius 3 is 2.68 bits per heavy atom. The highest BCUT2D eigenvalue weighted by molar-refractivity contribution is 7.14. The summed E-state index contributed by atoms with van der Waals surface area (Å²) in [6.45, 7) is 0.727. The first-order chi connectivity index (χ1) is 13.7. The van der Waals surface area contributed by atoms with Crippen molar-refractivity contribution in [3.63, 3.8) is 0 Å². The van der Waals surface area contributed by atoms with Gasteiger partial charge in [0.25, 0.3) is 0 Å². The molecule has 28 heavy (non-hydrogen) atoms. The molecule has 2 aromatic carbocycles. The van der Waals surface area contributed by atoms with E-state index in [9.17, 15) is 9.59 Å².